The van der Waals surface area contributed by atoms with Crippen LogP contribution in [0.5, 0.6) is 11.5 Å². The van der Waals surface area contributed by atoms with Crippen molar-refractivity contribution in [3.05, 3.63) is 44.1 Å². The van der Waals surface area contributed by atoms with Gasteiger partial charge in [0.15, 0.2) is 17.3 Å². The minimum Gasteiger partial charge on any atom is -0.493 e. The number of aromatic nitrogens is 2. The summed E-state index contributed by atoms with van der Waals surface area (Å²) in [4.78, 5) is 50.2. The Morgan fingerprint density at radius 1 is 1.09 bits per heavy atom. The fraction of sp³-hybridized carbons (Fsp3) is 0.429. The molecule has 0 amide bonds. The summed E-state index contributed by atoms with van der Waals surface area (Å²) >= 11 is 0. The smallest absolute Gasteiger partial charge is 0.340 e. The van der Waals surface area contributed by atoms with E-state index in [0.29, 0.717) is 11.5 Å². The molecule has 0 aliphatic rings. The van der Waals surface area contributed by atoms with Gasteiger partial charge in [-0.05, 0) is 5.92 Å². The first-order valence-electron chi connectivity index (χ1n) is 9.77. The van der Waals surface area contributed by atoms with Gasteiger partial charge in [0.25, 0.3) is 5.56 Å². The lowest BCUT2D eigenvalue weighted by Crippen LogP contribution is -2.43. The van der Waals surface area contributed by atoms with E-state index in [1.54, 1.807) is 0 Å². The van der Waals surface area contributed by atoms with Crippen molar-refractivity contribution < 1.29 is 23.8 Å². The normalized spacial score (nSPS) is 10.7. The largest absolute Gasteiger partial charge is 0.493 e. The van der Waals surface area contributed by atoms with E-state index in [-0.39, 0.29) is 41.6 Å². The highest BCUT2D eigenvalue weighted by Crippen LogP contribution is 2.33. The predicted octanol–water partition coefficient (Wildman–Crippen LogP) is 0.884. The van der Waals surface area contributed by atoms with Gasteiger partial charge in [-0.1, -0.05) is 13.8 Å². The standard InChI is InChI=1S/C21H28N4O7/c1-11(2)10-25-18(22)17(19(27)24(3)21(25)29)14(26)9-23-13-8-16(31-5)15(30-4)7-12(13)20(28)32-6/h7-8,11,23H,9-10,22H2,1-6H3. The van der Waals surface area contributed by atoms with Crippen LogP contribution in [0, 0.1) is 5.92 Å². The van der Waals surface area contributed by atoms with Crippen LogP contribution < -0.4 is 31.8 Å². The molecule has 3 N–H and O–H groups in total. The molecule has 174 valence electrons. The van der Waals surface area contributed by atoms with Crippen molar-refractivity contribution in [2.75, 3.05) is 38.9 Å². The summed E-state index contributed by atoms with van der Waals surface area (Å²) in [5.41, 5.74) is 4.68. The number of carbonyl (C=O) groups is 2. The monoisotopic (exact) mass is 448 g/mol. The van der Waals surface area contributed by atoms with Crippen LogP contribution in [0.1, 0.15) is 34.6 Å². The third-order valence-corrected chi connectivity index (χ3v) is 4.78. The number of nitrogens with one attached hydrogen (secondary N) is 1. The number of hydrogen-bond acceptors (Lipinski definition) is 9. The number of hydrogen-bond donors (Lipinski definition) is 2. The maximum absolute atomic E-state index is 12.9. The van der Waals surface area contributed by atoms with Crippen LogP contribution in [0.15, 0.2) is 21.7 Å². The first kappa shape index (κ1) is 24.5. The van der Waals surface area contributed by atoms with Crippen molar-refractivity contribution >= 4 is 23.3 Å². The van der Waals surface area contributed by atoms with Crippen LogP contribution in [0.3, 0.4) is 0 Å². The Morgan fingerprint density at radius 2 is 1.69 bits per heavy atom. The molecule has 0 saturated carbocycles. The van der Waals surface area contributed by atoms with E-state index < -0.39 is 23.0 Å². The molecular formula is C21H28N4O7. The van der Waals surface area contributed by atoms with Crippen molar-refractivity contribution in [2.45, 2.75) is 20.4 Å². The summed E-state index contributed by atoms with van der Waals surface area (Å²) in [6.07, 6.45) is 0. The van der Waals surface area contributed by atoms with Crippen LogP contribution >= 0.6 is 0 Å². The Balaban J connectivity index is 2.48. The van der Waals surface area contributed by atoms with Crippen LogP contribution in [0.4, 0.5) is 11.5 Å². The second kappa shape index (κ2) is 10.0. The summed E-state index contributed by atoms with van der Waals surface area (Å²) in [5, 5.41) is 2.82. The number of nitrogens with zero attached hydrogens (tertiary/aromatic N) is 2. The lowest BCUT2D eigenvalue weighted by atomic mass is 10.1. The molecule has 1 aromatic heterocycles. The van der Waals surface area contributed by atoms with Crippen molar-refractivity contribution in [1.29, 1.82) is 0 Å². The average molecular weight is 448 g/mol. The van der Waals surface area contributed by atoms with Gasteiger partial charge in [-0.15, -0.1) is 0 Å². The van der Waals surface area contributed by atoms with Gasteiger partial charge < -0.3 is 25.3 Å². The van der Waals surface area contributed by atoms with Crippen LogP contribution in [-0.4, -0.2) is 48.8 Å². The molecule has 0 fully saturated rings. The molecule has 0 saturated heterocycles. The van der Waals surface area contributed by atoms with E-state index in [9.17, 15) is 19.2 Å². The van der Waals surface area contributed by atoms with E-state index >= 15 is 0 Å². The number of benzene rings is 1. The lowest BCUT2D eigenvalue weighted by Gasteiger charge is -2.17. The molecule has 0 atom stereocenters. The Bertz CT molecular complexity index is 1150. The van der Waals surface area contributed by atoms with Crippen molar-refractivity contribution in [2.24, 2.45) is 13.0 Å². The number of carbonyl (C=O) groups excluding carboxylic acids is 2. The maximum Gasteiger partial charge on any atom is 0.340 e. The summed E-state index contributed by atoms with van der Waals surface area (Å²) in [7, 11) is 5.35. The maximum atomic E-state index is 12.9. The SMILES string of the molecule is COC(=O)c1cc(OC)c(OC)cc1NCC(=O)c1c(N)n(CC(C)C)c(=O)n(C)c1=O. The number of methoxy groups -OCH3 is 3. The average Bonchev–Trinajstić information content (AvgIpc) is 2.77. The molecule has 32 heavy (non-hydrogen) atoms. The molecule has 2 aromatic rings. The second-order valence-electron chi connectivity index (χ2n) is 7.43. The molecule has 0 bridgehead atoms. The predicted molar refractivity (Wildman–Crippen MR) is 119 cm³/mol. The van der Waals surface area contributed by atoms with E-state index in [1.807, 2.05) is 13.8 Å². The van der Waals surface area contributed by atoms with Crippen LogP contribution in [-0.2, 0) is 18.3 Å². The summed E-state index contributed by atoms with van der Waals surface area (Å²) in [6, 6.07) is 2.88. The topological polar surface area (TPSA) is 144 Å². The number of ether oxygens (including phenoxy) is 3. The van der Waals surface area contributed by atoms with Crippen molar-refractivity contribution in [3.8, 4) is 11.5 Å². The number of Topliss-reactive ketones (excluding diaryl/α,β-unsaturated/α-hetero) is 1. The van der Waals surface area contributed by atoms with Crippen LogP contribution in [0.2, 0.25) is 0 Å². The molecule has 1 heterocycles. The molecule has 0 unspecified atom stereocenters. The quantitative estimate of drug-likeness (QED) is 0.422. The van der Waals surface area contributed by atoms with Gasteiger partial charge in [-0.25, -0.2) is 9.59 Å². The highest BCUT2D eigenvalue weighted by molar-refractivity contribution is 6.03. The number of anilines is 2. The number of nitrogens with two attached hydrogens (primary N) is 1. The van der Waals surface area contributed by atoms with Crippen molar-refractivity contribution in [3.63, 3.8) is 0 Å². The van der Waals surface area contributed by atoms with Crippen LogP contribution in [0.25, 0.3) is 0 Å². The molecule has 1 aromatic carbocycles. The minimum absolute atomic E-state index is 0.0583. The second-order valence-corrected chi connectivity index (χ2v) is 7.43. The van der Waals surface area contributed by atoms with Gasteiger partial charge in [-0.3, -0.25) is 18.7 Å². The van der Waals surface area contributed by atoms with Gasteiger partial charge in [-0.2, -0.15) is 0 Å². The minimum atomic E-state index is -0.792. The molecule has 2 rings (SSSR count). The first-order valence-corrected chi connectivity index (χ1v) is 9.77. The van der Waals surface area contributed by atoms with Gasteiger partial charge in [0, 0.05) is 25.7 Å². The summed E-state index contributed by atoms with van der Waals surface area (Å²) in [5.74, 6) is -0.838. The molecule has 0 aliphatic heterocycles. The van der Waals surface area contributed by atoms with E-state index in [1.165, 1.54) is 45.1 Å². The zero-order valence-electron chi connectivity index (χ0n) is 19.0. The Labute approximate surface area is 184 Å². The third-order valence-electron chi connectivity index (χ3n) is 4.78. The number of rotatable bonds is 9. The summed E-state index contributed by atoms with van der Waals surface area (Å²) < 4.78 is 17.3. The Kier molecular flexibility index (Phi) is 7.68. The van der Waals surface area contributed by atoms with Gasteiger partial charge in [0.05, 0.1) is 39.1 Å². The molecule has 0 aliphatic carbocycles. The van der Waals surface area contributed by atoms with Gasteiger partial charge in [0.1, 0.15) is 11.4 Å². The van der Waals surface area contributed by atoms with Crippen molar-refractivity contribution in [1.82, 2.24) is 9.13 Å². The molecule has 0 radical (unpaired) electrons. The molecule has 11 nitrogen and oxygen atoms in total. The van der Waals surface area contributed by atoms with E-state index in [0.717, 1.165) is 4.57 Å². The molecular weight excluding hydrogens is 420 g/mol. The van der Waals surface area contributed by atoms with Gasteiger partial charge in [0.2, 0.25) is 0 Å². The fourth-order valence-corrected chi connectivity index (χ4v) is 3.15. The third kappa shape index (κ3) is 4.76. The molecule has 11 heteroatoms. The van der Waals surface area contributed by atoms with E-state index in [4.69, 9.17) is 19.9 Å². The number of nitrogen functional groups attached to an aromatic ring is 1. The highest BCUT2D eigenvalue weighted by Gasteiger charge is 2.23. The lowest BCUT2D eigenvalue weighted by molar-refractivity contribution is 0.0601. The summed E-state index contributed by atoms with van der Waals surface area (Å²) in [6.45, 7) is 3.63. The zero-order chi connectivity index (χ0) is 24.2. The van der Waals surface area contributed by atoms with Gasteiger partial charge >= 0.3 is 11.7 Å². The van der Waals surface area contributed by atoms with E-state index in [2.05, 4.69) is 5.32 Å². The Morgan fingerprint density at radius 3 is 2.22 bits per heavy atom. The fourth-order valence-electron chi connectivity index (χ4n) is 3.15. The Hall–Kier alpha value is -3.76. The number of esters is 1. The first-order chi connectivity index (χ1) is 15.1. The number of ketones is 1. The molecule has 0 spiro atoms. The zero-order valence-corrected chi connectivity index (χ0v) is 19.0. The highest BCUT2D eigenvalue weighted by atomic mass is 16.5.